The van der Waals surface area contributed by atoms with Crippen molar-refractivity contribution in [1.29, 1.82) is 0 Å². The van der Waals surface area contributed by atoms with E-state index in [1.807, 2.05) is 0 Å². The van der Waals surface area contributed by atoms with E-state index in [9.17, 15) is 22.8 Å². The van der Waals surface area contributed by atoms with Crippen LogP contribution in [0.5, 0.6) is 5.75 Å². The highest BCUT2D eigenvalue weighted by molar-refractivity contribution is 6.34. The summed E-state index contributed by atoms with van der Waals surface area (Å²) in [7, 11) is 0. The lowest BCUT2D eigenvalue weighted by Crippen LogP contribution is -2.08. The SMILES string of the molecule is O=C(CCCCl)CCCOc1cc(C(F)(F)F)ccc1-c1cc(=O)c2cccc(Cl)c2o1. The topological polar surface area (TPSA) is 56.5 Å². The third kappa shape index (κ3) is 5.84. The average molecular weight is 487 g/mol. The van der Waals surface area contributed by atoms with Crippen LogP contribution in [0.25, 0.3) is 22.3 Å². The predicted molar refractivity (Wildman–Crippen MR) is 118 cm³/mol. The van der Waals surface area contributed by atoms with Crippen molar-refractivity contribution >= 4 is 40.0 Å². The number of ketones is 1. The Morgan fingerprint density at radius 2 is 1.81 bits per heavy atom. The van der Waals surface area contributed by atoms with E-state index in [2.05, 4.69) is 0 Å². The minimum Gasteiger partial charge on any atom is -0.493 e. The number of fused-ring (bicyclic) bond motifs is 1. The Bertz CT molecular complexity index is 1170. The molecular weight excluding hydrogens is 468 g/mol. The molecule has 3 aromatic rings. The highest BCUT2D eigenvalue weighted by Gasteiger charge is 2.31. The van der Waals surface area contributed by atoms with Gasteiger partial charge in [-0.2, -0.15) is 13.2 Å². The molecule has 3 rings (SSSR count). The lowest BCUT2D eigenvalue weighted by Gasteiger charge is -2.15. The van der Waals surface area contributed by atoms with Crippen molar-refractivity contribution in [3.8, 4) is 17.1 Å². The fourth-order valence-corrected chi connectivity index (χ4v) is 3.48. The van der Waals surface area contributed by atoms with Crippen LogP contribution in [-0.2, 0) is 11.0 Å². The largest absolute Gasteiger partial charge is 0.493 e. The molecule has 0 spiro atoms. The Kier molecular flexibility index (Phi) is 7.85. The van der Waals surface area contributed by atoms with E-state index in [1.54, 1.807) is 18.2 Å². The molecule has 0 radical (unpaired) electrons. The molecule has 32 heavy (non-hydrogen) atoms. The van der Waals surface area contributed by atoms with E-state index < -0.39 is 11.7 Å². The molecule has 0 bridgehead atoms. The molecule has 2 aromatic carbocycles. The molecule has 0 N–H and O–H groups in total. The zero-order chi connectivity index (χ0) is 23.3. The maximum atomic E-state index is 13.2. The average Bonchev–Trinajstić information content (AvgIpc) is 2.75. The number of Topliss-reactive ketones (excluding diaryl/α,β-unsaturated/α-hetero) is 1. The number of para-hydroxylation sites is 1. The molecule has 1 heterocycles. The van der Waals surface area contributed by atoms with E-state index in [4.69, 9.17) is 32.4 Å². The van der Waals surface area contributed by atoms with Crippen molar-refractivity contribution in [1.82, 2.24) is 0 Å². The fourth-order valence-electron chi connectivity index (χ4n) is 3.14. The second-order valence-corrected chi connectivity index (χ2v) is 7.87. The van der Waals surface area contributed by atoms with Gasteiger partial charge in [0, 0.05) is 24.8 Å². The monoisotopic (exact) mass is 486 g/mol. The molecular formula is C23H19Cl2F3O4. The molecule has 0 saturated carbocycles. The molecule has 0 aliphatic heterocycles. The smallest absolute Gasteiger partial charge is 0.416 e. The van der Waals surface area contributed by atoms with Crippen LogP contribution in [0.3, 0.4) is 0 Å². The number of halogens is 5. The van der Waals surface area contributed by atoms with Gasteiger partial charge in [-0.25, -0.2) is 0 Å². The van der Waals surface area contributed by atoms with Gasteiger partial charge in [-0.05, 0) is 43.2 Å². The van der Waals surface area contributed by atoms with E-state index in [-0.39, 0.29) is 57.3 Å². The summed E-state index contributed by atoms with van der Waals surface area (Å²) in [6.07, 6.45) is -3.11. The number of ether oxygens (including phenoxy) is 1. The molecule has 0 aliphatic rings. The van der Waals surface area contributed by atoms with Crippen LogP contribution in [0.15, 0.2) is 51.7 Å². The summed E-state index contributed by atoms with van der Waals surface area (Å²) in [5, 5.41) is 0.456. The Labute approximate surface area is 191 Å². The van der Waals surface area contributed by atoms with Crippen molar-refractivity contribution in [2.45, 2.75) is 31.9 Å². The number of alkyl halides is 4. The molecule has 170 valence electrons. The number of carbonyl (C=O) groups excluding carboxylic acids is 1. The summed E-state index contributed by atoms with van der Waals surface area (Å²) in [4.78, 5) is 24.3. The molecule has 0 fully saturated rings. The van der Waals surface area contributed by atoms with Gasteiger partial charge in [0.25, 0.3) is 0 Å². The normalized spacial score (nSPS) is 11.7. The summed E-state index contributed by atoms with van der Waals surface area (Å²) in [5.41, 5.74) is -0.993. The highest BCUT2D eigenvalue weighted by Crippen LogP contribution is 2.38. The first-order valence-electron chi connectivity index (χ1n) is 9.85. The number of hydrogen-bond donors (Lipinski definition) is 0. The fraction of sp³-hybridized carbons (Fsp3) is 0.304. The van der Waals surface area contributed by atoms with Crippen LogP contribution >= 0.6 is 23.2 Å². The van der Waals surface area contributed by atoms with Crippen molar-refractivity contribution in [2.24, 2.45) is 0 Å². The Morgan fingerprint density at radius 1 is 1.06 bits per heavy atom. The van der Waals surface area contributed by atoms with Gasteiger partial charge in [0.1, 0.15) is 17.3 Å². The molecule has 0 atom stereocenters. The second kappa shape index (κ2) is 10.4. The quantitative estimate of drug-likeness (QED) is 0.244. The van der Waals surface area contributed by atoms with Crippen molar-refractivity contribution < 1.29 is 27.1 Å². The molecule has 9 heteroatoms. The molecule has 0 saturated heterocycles. The first-order chi connectivity index (χ1) is 15.2. The zero-order valence-electron chi connectivity index (χ0n) is 16.8. The summed E-state index contributed by atoms with van der Waals surface area (Å²) in [5.74, 6) is 0.311. The van der Waals surface area contributed by atoms with E-state index >= 15 is 0 Å². The molecule has 0 amide bonds. The van der Waals surface area contributed by atoms with Gasteiger partial charge in [-0.15, -0.1) is 11.6 Å². The third-order valence-electron chi connectivity index (χ3n) is 4.73. The van der Waals surface area contributed by atoms with E-state index in [0.29, 0.717) is 25.1 Å². The Morgan fingerprint density at radius 3 is 2.53 bits per heavy atom. The first kappa shape index (κ1) is 24.1. The predicted octanol–water partition coefficient (Wildman–Crippen LogP) is 6.88. The zero-order valence-corrected chi connectivity index (χ0v) is 18.3. The summed E-state index contributed by atoms with van der Waals surface area (Å²) in [6.45, 7) is 0.0134. The van der Waals surface area contributed by atoms with Gasteiger partial charge in [-0.1, -0.05) is 17.7 Å². The van der Waals surface area contributed by atoms with Gasteiger partial charge in [-0.3, -0.25) is 9.59 Å². The van der Waals surface area contributed by atoms with Gasteiger partial charge >= 0.3 is 6.18 Å². The summed E-state index contributed by atoms with van der Waals surface area (Å²) >= 11 is 11.7. The van der Waals surface area contributed by atoms with Gasteiger partial charge in [0.05, 0.1) is 28.1 Å². The number of rotatable bonds is 9. The van der Waals surface area contributed by atoms with Gasteiger partial charge < -0.3 is 9.15 Å². The number of benzene rings is 2. The molecule has 0 aliphatic carbocycles. The van der Waals surface area contributed by atoms with Gasteiger partial charge in [0.15, 0.2) is 11.0 Å². The van der Waals surface area contributed by atoms with Crippen LogP contribution in [0.1, 0.15) is 31.2 Å². The van der Waals surface area contributed by atoms with Crippen LogP contribution in [-0.4, -0.2) is 18.3 Å². The summed E-state index contributed by atoms with van der Waals surface area (Å²) < 4.78 is 51.1. The third-order valence-corrected chi connectivity index (χ3v) is 5.29. The highest BCUT2D eigenvalue weighted by atomic mass is 35.5. The van der Waals surface area contributed by atoms with Crippen molar-refractivity contribution in [3.05, 3.63) is 63.3 Å². The minimum absolute atomic E-state index is 0.00804. The molecule has 4 nitrogen and oxygen atoms in total. The maximum absolute atomic E-state index is 13.2. The number of carbonyl (C=O) groups is 1. The van der Waals surface area contributed by atoms with Crippen LogP contribution < -0.4 is 10.2 Å². The first-order valence-corrected chi connectivity index (χ1v) is 10.8. The maximum Gasteiger partial charge on any atom is 0.416 e. The lowest BCUT2D eigenvalue weighted by molar-refractivity contribution is -0.137. The number of hydrogen-bond acceptors (Lipinski definition) is 4. The van der Waals surface area contributed by atoms with Gasteiger partial charge in [0.2, 0.25) is 0 Å². The van der Waals surface area contributed by atoms with Crippen molar-refractivity contribution in [2.75, 3.05) is 12.5 Å². The van der Waals surface area contributed by atoms with E-state index in [0.717, 1.165) is 12.1 Å². The van der Waals surface area contributed by atoms with Crippen LogP contribution in [0, 0.1) is 0 Å². The van der Waals surface area contributed by atoms with Crippen LogP contribution in [0.4, 0.5) is 13.2 Å². The Hall–Kier alpha value is -2.51. The lowest BCUT2D eigenvalue weighted by atomic mass is 10.1. The van der Waals surface area contributed by atoms with E-state index in [1.165, 1.54) is 12.1 Å². The van der Waals surface area contributed by atoms with Crippen LogP contribution in [0.2, 0.25) is 5.02 Å². The minimum atomic E-state index is -4.58. The summed E-state index contributed by atoms with van der Waals surface area (Å²) in [6, 6.07) is 8.79. The molecule has 1 aromatic heterocycles. The Balaban J connectivity index is 1.92. The van der Waals surface area contributed by atoms with Crippen molar-refractivity contribution in [3.63, 3.8) is 0 Å². The molecule has 0 unspecified atom stereocenters. The second-order valence-electron chi connectivity index (χ2n) is 7.08. The standard InChI is InChI=1S/C23H19Cl2F3O4/c24-10-2-4-15(29)5-3-11-31-20-12-14(23(26,27)28)8-9-17(20)21-13-19(30)16-6-1-7-18(25)22(16)32-21/h1,6-9,12-13H,2-5,10-11H2.